The monoisotopic (exact) mass is 287 g/mol. The van der Waals surface area contributed by atoms with Gasteiger partial charge in [0.15, 0.2) is 0 Å². The van der Waals surface area contributed by atoms with Crippen LogP contribution in [0.2, 0.25) is 0 Å². The standard InChI is InChI=1S/C15H17N3O3/c1-9-4-5-13(14(16)17)15(18-9)21-12-7-10(19-2)6-11(8-12)20-3/h4-8H,1-3H3,(H3,16,17). The Morgan fingerprint density at radius 3 is 2.14 bits per heavy atom. The van der Waals surface area contributed by atoms with Crippen LogP contribution in [0.1, 0.15) is 11.3 Å². The summed E-state index contributed by atoms with van der Waals surface area (Å²) in [5, 5.41) is 7.58. The van der Waals surface area contributed by atoms with Gasteiger partial charge < -0.3 is 19.9 Å². The summed E-state index contributed by atoms with van der Waals surface area (Å²) in [6.07, 6.45) is 0. The fourth-order valence-electron chi connectivity index (χ4n) is 1.77. The Balaban J connectivity index is 2.42. The van der Waals surface area contributed by atoms with Gasteiger partial charge in [0.25, 0.3) is 0 Å². The highest BCUT2D eigenvalue weighted by Gasteiger charge is 2.11. The predicted molar refractivity (Wildman–Crippen MR) is 79.6 cm³/mol. The lowest BCUT2D eigenvalue weighted by molar-refractivity contribution is 0.385. The number of nitrogens with two attached hydrogens (primary N) is 1. The maximum Gasteiger partial charge on any atom is 0.230 e. The van der Waals surface area contributed by atoms with E-state index in [-0.39, 0.29) is 11.7 Å². The van der Waals surface area contributed by atoms with E-state index in [2.05, 4.69) is 4.98 Å². The summed E-state index contributed by atoms with van der Waals surface area (Å²) < 4.78 is 16.1. The number of aromatic nitrogens is 1. The minimum Gasteiger partial charge on any atom is -0.496 e. The van der Waals surface area contributed by atoms with Crippen LogP contribution in [-0.4, -0.2) is 25.0 Å². The summed E-state index contributed by atoms with van der Waals surface area (Å²) in [5.41, 5.74) is 6.75. The van der Waals surface area contributed by atoms with Gasteiger partial charge in [0.05, 0.1) is 19.8 Å². The largest absolute Gasteiger partial charge is 0.496 e. The molecule has 2 aromatic rings. The number of methoxy groups -OCH3 is 2. The van der Waals surface area contributed by atoms with Crippen LogP contribution in [0.25, 0.3) is 0 Å². The van der Waals surface area contributed by atoms with Gasteiger partial charge in [0, 0.05) is 23.9 Å². The number of nitrogens with one attached hydrogen (secondary N) is 1. The quantitative estimate of drug-likeness (QED) is 0.651. The number of nitrogen functional groups attached to an aromatic ring is 1. The Morgan fingerprint density at radius 2 is 1.62 bits per heavy atom. The summed E-state index contributed by atoms with van der Waals surface area (Å²) in [6.45, 7) is 1.84. The first kappa shape index (κ1) is 14.6. The first-order chi connectivity index (χ1) is 10.0. The number of pyridine rings is 1. The van der Waals surface area contributed by atoms with Crippen LogP contribution in [-0.2, 0) is 0 Å². The lowest BCUT2D eigenvalue weighted by atomic mass is 10.2. The van der Waals surface area contributed by atoms with Gasteiger partial charge in [-0.1, -0.05) is 0 Å². The van der Waals surface area contributed by atoms with E-state index in [4.69, 9.17) is 25.4 Å². The molecule has 0 bridgehead atoms. The van der Waals surface area contributed by atoms with Gasteiger partial charge in [-0.3, -0.25) is 5.41 Å². The van der Waals surface area contributed by atoms with Crippen molar-refractivity contribution in [1.82, 2.24) is 4.98 Å². The highest BCUT2D eigenvalue weighted by Crippen LogP contribution is 2.31. The Bertz CT molecular complexity index is 649. The third kappa shape index (κ3) is 3.42. The molecule has 0 aliphatic rings. The van der Waals surface area contributed by atoms with Crippen molar-refractivity contribution in [2.24, 2.45) is 5.73 Å². The molecule has 0 amide bonds. The molecule has 6 heteroatoms. The molecule has 1 aromatic carbocycles. The molecule has 0 saturated heterocycles. The zero-order chi connectivity index (χ0) is 15.4. The molecule has 6 nitrogen and oxygen atoms in total. The van der Waals surface area contributed by atoms with Crippen molar-refractivity contribution in [3.63, 3.8) is 0 Å². The van der Waals surface area contributed by atoms with E-state index in [1.165, 1.54) is 0 Å². The van der Waals surface area contributed by atoms with E-state index in [0.717, 1.165) is 5.69 Å². The van der Waals surface area contributed by atoms with E-state index in [9.17, 15) is 0 Å². The van der Waals surface area contributed by atoms with Crippen LogP contribution in [0.5, 0.6) is 23.1 Å². The summed E-state index contributed by atoms with van der Waals surface area (Å²) in [7, 11) is 3.12. The summed E-state index contributed by atoms with van der Waals surface area (Å²) in [6, 6.07) is 8.63. The Hall–Kier alpha value is -2.76. The maximum atomic E-state index is 7.58. The van der Waals surface area contributed by atoms with Crippen molar-refractivity contribution in [3.05, 3.63) is 41.6 Å². The van der Waals surface area contributed by atoms with Gasteiger partial charge >= 0.3 is 0 Å². The molecule has 21 heavy (non-hydrogen) atoms. The van der Waals surface area contributed by atoms with Crippen molar-refractivity contribution >= 4 is 5.84 Å². The molecule has 0 unspecified atom stereocenters. The minimum absolute atomic E-state index is 0.104. The third-order valence-electron chi connectivity index (χ3n) is 2.83. The highest BCUT2D eigenvalue weighted by molar-refractivity contribution is 5.97. The molecule has 0 radical (unpaired) electrons. The van der Waals surface area contributed by atoms with Crippen molar-refractivity contribution in [2.45, 2.75) is 6.92 Å². The van der Waals surface area contributed by atoms with Crippen LogP contribution in [0.3, 0.4) is 0 Å². The number of benzene rings is 1. The Morgan fingerprint density at radius 1 is 1.05 bits per heavy atom. The lowest BCUT2D eigenvalue weighted by Gasteiger charge is -2.12. The smallest absolute Gasteiger partial charge is 0.230 e. The predicted octanol–water partition coefficient (Wildman–Crippen LogP) is 2.48. The van der Waals surface area contributed by atoms with Crippen molar-refractivity contribution in [1.29, 1.82) is 5.41 Å². The van der Waals surface area contributed by atoms with Gasteiger partial charge in [-0.25, -0.2) is 4.98 Å². The van der Waals surface area contributed by atoms with Crippen LogP contribution in [0, 0.1) is 12.3 Å². The van der Waals surface area contributed by atoms with Gasteiger partial charge in [0.1, 0.15) is 23.1 Å². The maximum absolute atomic E-state index is 7.58. The zero-order valence-electron chi connectivity index (χ0n) is 12.1. The van der Waals surface area contributed by atoms with Crippen LogP contribution in [0.15, 0.2) is 30.3 Å². The molecule has 0 fully saturated rings. The average molecular weight is 287 g/mol. The summed E-state index contributed by atoms with van der Waals surface area (Å²) in [5.74, 6) is 1.86. The molecular weight excluding hydrogens is 270 g/mol. The molecule has 0 aliphatic carbocycles. The van der Waals surface area contributed by atoms with Crippen molar-refractivity contribution in [3.8, 4) is 23.1 Å². The number of hydrogen-bond acceptors (Lipinski definition) is 5. The number of rotatable bonds is 5. The first-order valence-electron chi connectivity index (χ1n) is 6.26. The molecule has 2 rings (SSSR count). The van der Waals surface area contributed by atoms with E-state index in [1.54, 1.807) is 44.6 Å². The number of nitrogens with zero attached hydrogens (tertiary/aromatic N) is 1. The fourth-order valence-corrected chi connectivity index (χ4v) is 1.77. The fraction of sp³-hybridized carbons (Fsp3) is 0.200. The van der Waals surface area contributed by atoms with Gasteiger partial charge in [-0.2, -0.15) is 0 Å². The number of hydrogen-bond donors (Lipinski definition) is 2. The molecule has 1 aromatic heterocycles. The van der Waals surface area contributed by atoms with Gasteiger partial charge in [-0.15, -0.1) is 0 Å². The van der Waals surface area contributed by atoms with Gasteiger partial charge in [0.2, 0.25) is 5.88 Å². The van der Waals surface area contributed by atoms with Crippen molar-refractivity contribution in [2.75, 3.05) is 14.2 Å². The average Bonchev–Trinajstić information content (AvgIpc) is 2.46. The van der Waals surface area contributed by atoms with Crippen LogP contribution in [0.4, 0.5) is 0 Å². The van der Waals surface area contributed by atoms with Crippen molar-refractivity contribution < 1.29 is 14.2 Å². The zero-order valence-corrected chi connectivity index (χ0v) is 12.1. The molecule has 110 valence electrons. The Labute approximate surface area is 123 Å². The van der Waals surface area contributed by atoms with E-state index in [1.807, 2.05) is 6.92 Å². The molecule has 1 heterocycles. The van der Waals surface area contributed by atoms with Gasteiger partial charge in [-0.05, 0) is 19.1 Å². The molecule has 0 aliphatic heterocycles. The van der Waals surface area contributed by atoms with E-state index < -0.39 is 0 Å². The molecule has 0 atom stereocenters. The van der Waals surface area contributed by atoms with Crippen LogP contribution < -0.4 is 19.9 Å². The summed E-state index contributed by atoms with van der Waals surface area (Å²) in [4.78, 5) is 4.28. The SMILES string of the molecule is COc1cc(OC)cc(Oc2nc(C)ccc2C(=N)N)c1. The van der Waals surface area contributed by atoms with E-state index >= 15 is 0 Å². The molecule has 0 spiro atoms. The Kier molecular flexibility index (Phi) is 4.27. The van der Waals surface area contributed by atoms with E-state index in [0.29, 0.717) is 22.8 Å². The highest BCUT2D eigenvalue weighted by atomic mass is 16.5. The lowest BCUT2D eigenvalue weighted by Crippen LogP contribution is -2.13. The first-order valence-corrected chi connectivity index (χ1v) is 6.26. The third-order valence-corrected chi connectivity index (χ3v) is 2.83. The number of ether oxygens (including phenoxy) is 3. The second kappa shape index (κ2) is 6.13. The number of aryl methyl sites for hydroxylation is 1. The second-order valence-corrected chi connectivity index (χ2v) is 4.37. The summed E-state index contributed by atoms with van der Waals surface area (Å²) >= 11 is 0. The van der Waals surface area contributed by atoms with Crippen LogP contribution >= 0.6 is 0 Å². The second-order valence-electron chi connectivity index (χ2n) is 4.37. The molecule has 0 saturated carbocycles. The topological polar surface area (TPSA) is 90.5 Å². The number of amidine groups is 1. The molecule has 3 N–H and O–H groups in total. The normalized spacial score (nSPS) is 10.0. The minimum atomic E-state index is -0.104. The molecular formula is C15H17N3O3.